The minimum Gasteiger partial charge on any atom is -0.444 e. The number of halogens is 1. The molecule has 0 aromatic heterocycles. The first kappa shape index (κ1) is 19.4. The maximum atomic E-state index is 13.7. The molecule has 1 aromatic carbocycles. The molecule has 1 atom stereocenters. The van der Waals surface area contributed by atoms with Gasteiger partial charge in [0.05, 0.1) is 0 Å². The third-order valence-corrected chi connectivity index (χ3v) is 3.43. The van der Waals surface area contributed by atoms with Gasteiger partial charge in [-0.2, -0.15) is 0 Å². The van der Waals surface area contributed by atoms with Gasteiger partial charge in [-0.3, -0.25) is 0 Å². The number of hydrogen-bond acceptors (Lipinski definition) is 3. The Hall–Kier alpha value is -1.62. The molecule has 4 nitrogen and oxygen atoms in total. The van der Waals surface area contributed by atoms with Gasteiger partial charge in [-0.25, -0.2) is 9.18 Å². The van der Waals surface area contributed by atoms with Gasteiger partial charge in [0.2, 0.25) is 0 Å². The molecule has 0 aliphatic heterocycles. The SMILES string of the molecule is CC(NCCN(C(=O)OC(C)(C)C)C(C)C)c1ccccc1F. The Kier molecular flexibility index (Phi) is 7.01. The van der Waals surface area contributed by atoms with Crippen LogP contribution in [-0.4, -0.2) is 35.7 Å². The van der Waals surface area contributed by atoms with Gasteiger partial charge in [-0.05, 0) is 47.6 Å². The maximum absolute atomic E-state index is 13.7. The third-order valence-electron chi connectivity index (χ3n) is 3.43. The topological polar surface area (TPSA) is 41.6 Å². The van der Waals surface area contributed by atoms with E-state index in [0.29, 0.717) is 18.7 Å². The molecule has 130 valence electrons. The fourth-order valence-corrected chi connectivity index (χ4v) is 2.22. The first-order chi connectivity index (χ1) is 10.6. The highest BCUT2D eigenvalue weighted by molar-refractivity contribution is 5.68. The highest BCUT2D eigenvalue weighted by atomic mass is 19.1. The molecule has 0 aliphatic carbocycles. The Labute approximate surface area is 139 Å². The van der Waals surface area contributed by atoms with Crippen LogP contribution in [-0.2, 0) is 4.74 Å². The zero-order chi connectivity index (χ0) is 17.6. The maximum Gasteiger partial charge on any atom is 0.410 e. The van der Waals surface area contributed by atoms with Crippen molar-refractivity contribution in [2.75, 3.05) is 13.1 Å². The minimum absolute atomic E-state index is 0.0374. The summed E-state index contributed by atoms with van der Waals surface area (Å²) in [5.74, 6) is -0.222. The van der Waals surface area contributed by atoms with Crippen LogP contribution in [0.4, 0.5) is 9.18 Å². The van der Waals surface area contributed by atoms with Crippen molar-refractivity contribution in [2.24, 2.45) is 0 Å². The van der Waals surface area contributed by atoms with Gasteiger partial charge < -0.3 is 15.0 Å². The average Bonchev–Trinajstić information content (AvgIpc) is 2.41. The molecule has 1 N–H and O–H groups in total. The monoisotopic (exact) mass is 324 g/mol. The van der Waals surface area contributed by atoms with E-state index in [-0.39, 0.29) is 24.0 Å². The lowest BCUT2D eigenvalue weighted by atomic mass is 10.1. The van der Waals surface area contributed by atoms with Gasteiger partial charge in [0.15, 0.2) is 0 Å². The van der Waals surface area contributed by atoms with Crippen LogP contribution < -0.4 is 5.32 Å². The van der Waals surface area contributed by atoms with Crippen LogP contribution in [0.25, 0.3) is 0 Å². The van der Waals surface area contributed by atoms with E-state index in [2.05, 4.69) is 5.32 Å². The summed E-state index contributed by atoms with van der Waals surface area (Å²) in [5.41, 5.74) is 0.110. The quantitative estimate of drug-likeness (QED) is 0.856. The van der Waals surface area contributed by atoms with Crippen molar-refractivity contribution in [1.29, 1.82) is 0 Å². The second-order valence-corrected chi connectivity index (χ2v) is 6.96. The number of rotatable bonds is 6. The lowest BCUT2D eigenvalue weighted by Crippen LogP contribution is -2.44. The number of benzene rings is 1. The predicted octanol–water partition coefficient (Wildman–Crippen LogP) is 4.12. The number of nitrogens with one attached hydrogen (secondary N) is 1. The van der Waals surface area contributed by atoms with Crippen LogP contribution in [0.15, 0.2) is 24.3 Å². The molecule has 5 heteroatoms. The molecule has 1 amide bonds. The largest absolute Gasteiger partial charge is 0.444 e. The average molecular weight is 324 g/mol. The van der Waals surface area contributed by atoms with E-state index in [9.17, 15) is 9.18 Å². The number of hydrogen-bond donors (Lipinski definition) is 1. The molecule has 0 saturated heterocycles. The molecule has 0 fully saturated rings. The van der Waals surface area contributed by atoms with Gasteiger partial charge in [0, 0.05) is 30.7 Å². The Balaban J connectivity index is 2.56. The number of nitrogens with zero attached hydrogens (tertiary/aromatic N) is 1. The molecule has 1 unspecified atom stereocenters. The normalized spacial score (nSPS) is 13.0. The van der Waals surface area contributed by atoms with Gasteiger partial charge in [-0.1, -0.05) is 18.2 Å². The Bertz CT molecular complexity index is 512. The highest BCUT2D eigenvalue weighted by Gasteiger charge is 2.24. The van der Waals surface area contributed by atoms with E-state index < -0.39 is 5.60 Å². The molecule has 0 heterocycles. The lowest BCUT2D eigenvalue weighted by Gasteiger charge is -2.30. The molecule has 1 rings (SSSR count). The second-order valence-electron chi connectivity index (χ2n) is 6.96. The number of ether oxygens (including phenoxy) is 1. The summed E-state index contributed by atoms with van der Waals surface area (Å²) in [6, 6.07) is 6.63. The van der Waals surface area contributed by atoms with Crippen molar-refractivity contribution in [2.45, 2.75) is 59.2 Å². The lowest BCUT2D eigenvalue weighted by molar-refractivity contribution is 0.0192. The molecule has 0 bridgehead atoms. The Morgan fingerprint density at radius 2 is 1.87 bits per heavy atom. The fraction of sp³-hybridized carbons (Fsp3) is 0.611. The highest BCUT2D eigenvalue weighted by Crippen LogP contribution is 2.16. The van der Waals surface area contributed by atoms with Gasteiger partial charge in [-0.15, -0.1) is 0 Å². The molecular weight excluding hydrogens is 295 g/mol. The van der Waals surface area contributed by atoms with E-state index in [1.54, 1.807) is 17.0 Å². The van der Waals surface area contributed by atoms with Crippen LogP contribution in [0, 0.1) is 5.82 Å². The first-order valence-electron chi connectivity index (χ1n) is 8.09. The van der Waals surface area contributed by atoms with Crippen molar-refractivity contribution in [1.82, 2.24) is 10.2 Å². The summed E-state index contributed by atoms with van der Waals surface area (Å²) in [6.07, 6.45) is -0.326. The zero-order valence-corrected chi connectivity index (χ0v) is 15.0. The minimum atomic E-state index is -0.516. The van der Waals surface area contributed by atoms with Crippen LogP contribution >= 0.6 is 0 Å². The first-order valence-corrected chi connectivity index (χ1v) is 8.09. The van der Waals surface area contributed by atoms with E-state index in [4.69, 9.17) is 4.74 Å². The van der Waals surface area contributed by atoms with Crippen molar-refractivity contribution >= 4 is 6.09 Å². The molecular formula is C18H29FN2O2. The summed E-state index contributed by atoms with van der Waals surface area (Å²) in [6.45, 7) is 12.4. The van der Waals surface area contributed by atoms with E-state index in [1.165, 1.54) is 6.07 Å². The summed E-state index contributed by atoms with van der Waals surface area (Å²) in [7, 11) is 0. The second kappa shape index (κ2) is 8.29. The van der Waals surface area contributed by atoms with E-state index >= 15 is 0 Å². The molecule has 0 aliphatic rings. The molecule has 1 aromatic rings. The Morgan fingerprint density at radius 3 is 2.39 bits per heavy atom. The van der Waals surface area contributed by atoms with Crippen molar-refractivity contribution in [3.63, 3.8) is 0 Å². The Morgan fingerprint density at radius 1 is 1.26 bits per heavy atom. The van der Waals surface area contributed by atoms with Crippen LogP contribution in [0.3, 0.4) is 0 Å². The number of amides is 1. The molecule has 0 saturated carbocycles. The smallest absolute Gasteiger partial charge is 0.410 e. The number of carbonyl (C=O) groups excluding carboxylic acids is 1. The van der Waals surface area contributed by atoms with Crippen LogP contribution in [0.5, 0.6) is 0 Å². The van der Waals surface area contributed by atoms with Crippen LogP contribution in [0.2, 0.25) is 0 Å². The fourth-order valence-electron chi connectivity index (χ4n) is 2.22. The summed E-state index contributed by atoms with van der Waals surface area (Å²) in [4.78, 5) is 13.9. The third kappa shape index (κ3) is 6.57. The summed E-state index contributed by atoms with van der Waals surface area (Å²) >= 11 is 0. The summed E-state index contributed by atoms with van der Waals surface area (Å²) < 4.78 is 19.2. The van der Waals surface area contributed by atoms with Gasteiger partial charge in [0.25, 0.3) is 0 Å². The van der Waals surface area contributed by atoms with Crippen molar-refractivity contribution in [3.05, 3.63) is 35.6 Å². The van der Waals surface area contributed by atoms with E-state index in [1.807, 2.05) is 47.6 Å². The molecule has 0 spiro atoms. The van der Waals surface area contributed by atoms with Crippen LogP contribution in [0.1, 0.15) is 53.1 Å². The van der Waals surface area contributed by atoms with Crippen molar-refractivity contribution in [3.8, 4) is 0 Å². The van der Waals surface area contributed by atoms with Gasteiger partial charge in [0.1, 0.15) is 11.4 Å². The zero-order valence-electron chi connectivity index (χ0n) is 15.0. The van der Waals surface area contributed by atoms with Crippen molar-refractivity contribution < 1.29 is 13.9 Å². The predicted molar refractivity (Wildman–Crippen MR) is 90.9 cm³/mol. The van der Waals surface area contributed by atoms with Gasteiger partial charge >= 0.3 is 6.09 Å². The summed E-state index contributed by atoms with van der Waals surface area (Å²) in [5, 5.41) is 3.25. The van der Waals surface area contributed by atoms with E-state index in [0.717, 1.165) is 0 Å². The standard InChI is InChI=1S/C18H29FN2O2/c1-13(2)21(17(22)23-18(4,5)6)12-11-20-14(3)15-9-7-8-10-16(15)19/h7-10,13-14,20H,11-12H2,1-6H3. The molecule has 0 radical (unpaired) electrons. The molecule has 23 heavy (non-hydrogen) atoms. The number of carbonyl (C=O) groups is 1.